The van der Waals surface area contributed by atoms with Gasteiger partial charge in [-0.2, -0.15) is 0 Å². The molecule has 114 valence electrons. The number of nitrogens with zero attached hydrogens (tertiary/aromatic N) is 1. The summed E-state index contributed by atoms with van der Waals surface area (Å²) in [6.07, 6.45) is 2.76. The summed E-state index contributed by atoms with van der Waals surface area (Å²) in [5.41, 5.74) is 1.09. The van der Waals surface area contributed by atoms with Crippen molar-refractivity contribution in [2.45, 2.75) is 19.8 Å². The third kappa shape index (κ3) is 4.56. The molecular formula is C16H16ClN3O2. The third-order valence-electron chi connectivity index (χ3n) is 2.87. The molecule has 6 heteroatoms. The standard InChI is InChI=1S/C16H16ClN3O2/c1-2-3-15(21)19-13-8-9-14(18-10-13)20-16(22)11-4-6-12(17)7-5-11/h4-10H,2-3H2,1H3,(H,19,21)(H,18,20,22). The van der Waals surface area contributed by atoms with Crippen molar-refractivity contribution in [2.24, 2.45) is 0 Å². The van der Waals surface area contributed by atoms with Crippen molar-refractivity contribution >= 4 is 34.9 Å². The second-order valence-electron chi connectivity index (χ2n) is 4.69. The maximum atomic E-state index is 12.0. The highest BCUT2D eigenvalue weighted by atomic mass is 35.5. The van der Waals surface area contributed by atoms with Crippen LogP contribution in [0.25, 0.3) is 0 Å². The number of pyridine rings is 1. The summed E-state index contributed by atoms with van der Waals surface area (Å²) in [7, 11) is 0. The average molecular weight is 318 g/mol. The van der Waals surface area contributed by atoms with Crippen LogP contribution >= 0.6 is 11.6 Å². The lowest BCUT2D eigenvalue weighted by atomic mass is 10.2. The summed E-state index contributed by atoms with van der Waals surface area (Å²) < 4.78 is 0. The summed E-state index contributed by atoms with van der Waals surface area (Å²) in [5, 5.41) is 5.98. The van der Waals surface area contributed by atoms with Gasteiger partial charge in [0.25, 0.3) is 5.91 Å². The van der Waals surface area contributed by atoms with Crippen molar-refractivity contribution in [1.29, 1.82) is 0 Å². The molecule has 2 amide bonds. The molecule has 22 heavy (non-hydrogen) atoms. The van der Waals surface area contributed by atoms with Crippen molar-refractivity contribution in [2.75, 3.05) is 10.6 Å². The van der Waals surface area contributed by atoms with Gasteiger partial charge in [0, 0.05) is 17.0 Å². The Labute approximate surface area is 133 Å². The van der Waals surface area contributed by atoms with Crippen LogP contribution in [0, 0.1) is 0 Å². The van der Waals surface area contributed by atoms with Crippen LogP contribution in [0.15, 0.2) is 42.6 Å². The van der Waals surface area contributed by atoms with E-state index in [-0.39, 0.29) is 11.8 Å². The Morgan fingerprint density at radius 2 is 1.82 bits per heavy atom. The highest BCUT2D eigenvalue weighted by Crippen LogP contribution is 2.13. The molecule has 2 rings (SSSR count). The quantitative estimate of drug-likeness (QED) is 0.882. The van der Waals surface area contributed by atoms with E-state index in [1.807, 2.05) is 6.92 Å². The first-order valence-corrected chi connectivity index (χ1v) is 7.29. The molecule has 1 aromatic heterocycles. The van der Waals surface area contributed by atoms with E-state index in [4.69, 9.17) is 11.6 Å². The molecule has 5 nitrogen and oxygen atoms in total. The molecule has 2 aromatic rings. The number of rotatable bonds is 5. The number of carbonyl (C=O) groups is 2. The van der Waals surface area contributed by atoms with Crippen molar-refractivity contribution < 1.29 is 9.59 Å². The number of benzene rings is 1. The molecule has 1 aromatic carbocycles. The largest absolute Gasteiger partial charge is 0.325 e. The minimum atomic E-state index is -0.271. The Morgan fingerprint density at radius 3 is 2.41 bits per heavy atom. The van der Waals surface area contributed by atoms with E-state index in [2.05, 4.69) is 15.6 Å². The molecule has 0 aliphatic carbocycles. The van der Waals surface area contributed by atoms with Crippen LogP contribution in [0.1, 0.15) is 30.1 Å². The molecule has 0 saturated heterocycles. The van der Waals surface area contributed by atoms with Gasteiger partial charge < -0.3 is 10.6 Å². The normalized spacial score (nSPS) is 10.1. The Hall–Kier alpha value is -2.40. The van der Waals surface area contributed by atoms with Gasteiger partial charge in [0.1, 0.15) is 5.82 Å². The van der Waals surface area contributed by atoms with Crippen LogP contribution < -0.4 is 10.6 Å². The topological polar surface area (TPSA) is 71.1 Å². The van der Waals surface area contributed by atoms with Gasteiger partial charge in [-0.3, -0.25) is 9.59 Å². The van der Waals surface area contributed by atoms with Gasteiger partial charge >= 0.3 is 0 Å². The van der Waals surface area contributed by atoms with E-state index in [0.29, 0.717) is 28.5 Å². The van der Waals surface area contributed by atoms with Crippen LogP contribution in [0.5, 0.6) is 0 Å². The maximum absolute atomic E-state index is 12.0. The van der Waals surface area contributed by atoms with E-state index in [1.165, 1.54) is 6.20 Å². The zero-order valence-corrected chi connectivity index (χ0v) is 12.9. The Morgan fingerprint density at radius 1 is 1.09 bits per heavy atom. The Balaban J connectivity index is 1.97. The molecule has 0 atom stereocenters. The summed E-state index contributed by atoms with van der Waals surface area (Å²) in [6.45, 7) is 1.94. The fourth-order valence-electron chi connectivity index (χ4n) is 1.78. The molecule has 2 N–H and O–H groups in total. The highest BCUT2D eigenvalue weighted by molar-refractivity contribution is 6.30. The van der Waals surface area contributed by atoms with Crippen LogP contribution in [0.3, 0.4) is 0 Å². The third-order valence-corrected chi connectivity index (χ3v) is 3.12. The van der Waals surface area contributed by atoms with Crippen molar-refractivity contribution in [1.82, 2.24) is 4.98 Å². The summed E-state index contributed by atoms with van der Waals surface area (Å²) in [6, 6.07) is 9.90. The zero-order valence-electron chi connectivity index (χ0n) is 12.1. The predicted octanol–water partition coefficient (Wildman–Crippen LogP) is 3.73. The molecule has 0 spiro atoms. The zero-order chi connectivity index (χ0) is 15.9. The smallest absolute Gasteiger partial charge is 0.256 e. The molecule has 0 saturated carbocycles. The lowest BCUT2D eigenvalue weighted by molar-refractivity contribution is -0.116. The first kappa shape index (κ1) is 16.0. The molecule has 1 heterocycles. The lowest BCUT2D eigenvalue weighted by Gasteiger charge is -2.07. The van der Waals surface area contributed by atoms with Gasteiger partial charge in [0.2, 0.25) is 5.91 Å². The fraction of sp³-hybridized carbons (Fsp3) is 0.188. The second kappa shape index (κ2) is 7.56. The summed E-state index contributed by atoms with van der Waals surface area (Å²) >= 11 is 5.78. The molecule has 0 aliphatic heterocycles. The van der Waals surface area contributed by atoms with Crippen molar-refractivity contribution in [3.63, 3.8) is 0 Å². The van der Waals surface area contributed by atoms with Crippen LogP contribution in [0.4, 0.5) is 11.5 Å². The minimum Gasteiger partial charge on any atom is -0.325 e. The van der Waals surface area contributed by atoms with Gasteiger partial charge in [-0.25, -0.2) is 4.98 Å². The Bertz CT molecular complexity index is 654. The summed E-state index contributed by atoms with van der Waals surface area (Å²) in [5.74, 6) is 0.0858. The molecule has 0 unspecified atom stereocenters. The van der Waals surface area contributed by atoms with E-state index in [9.17, 15) is 9.59 Å². The second-order valence-corrected chi connectivity index (χ2v) is 5.13. The fourth-order valence-corrected chi connectivity index (χ4v) is 1.91. The van der Waals surface area contributed by atoms with E-state index in [0.717, 1.165) is 6.42 Å². The molecule has 0 aliphatic rings. The SMILES string of the molecule is CCCC(=O)Nc1ccc(NC(=O)c2ccc(Cl)cc2)nc1. The number of nitrogens with one attached hydrogen (secondary N) is 2. The van der Waals surface area contributed by atoms with Crippen molar-refractivity contribution in [3.8, 4) is 0 Å². The van der Waals surface area contributed by atoms with Gasteiger partial charge in [0.15, 0.2) is 0 Å². The monoisotopic (exact) mass is 317 g/mol. The number of hydrogen-bond acceptors (Lipinski definition) is 3. The molecule has 0 radical (unpaired) electrons. The van der Waals surface area contributed by atoms with E-state index < -0.39 is 0 Å². The van der Waals surface area contributed by atoms with E-state index >= 15 is 0 Å². The van der Waals surface area contributed by atoms with Gasteiger partial charge in [0.05, 0.1) is 11.9 Å². The number of amides is 2. The van der Waals surface area contributed by atoms with E-state index in [1.54, 1.807) is 36.4 Å². The Kier molecular flexibility index (Phi) is 5.49. The first-order valence-electron chi connectivity index (χ1n) is 6.91. The van der Waals surface area contributed by atoms with Gasteiger partial charge in [-0.1, -0.05) is 18.5 Å². The maximum Gasteiger partial charge on any atom is 0.256 e. The number of halogens is 1. The highest BCUT2D eigenvalue weighted by Gasteiger charge is 2.07. The number of anilines is 2. The van der Waals surface area contributed by atoms with Crippen LogP contribution in [-0.2, 0) is 4.79 Å². The lowest BCUT2D eigenvalue weighted by Crippen LogP contribution is -2.14. The molecule has 0 bridgehead atoms. The molecule has 0 fully saturated rings. The van der Waals surface area contributed by atoms with Gasteiger partial charge in [-0.15, -0.1) is 0 Å². The first-order chi connectivity index (χ1) is 10.6. The van der Waals surface area contributed by atoms with Gasteiger partial charge in [-0.05, 0) is 42.8 Å². The van der Waals surface area contributed by atoms with Crippen LogP contribution in [0.2, 0.25) is 5.02 Å². The molecular weight excluding hydrogens is 302 g/mol. The number of hydrogen-bond donors (Lipinski definition) is 2. The average Bonchev–Trinajstić information content (AvgIpc) is 2.50. The number of carbonyl (C=O) groups excluding carboxylic acids is 2. The minimum absolute atomic E-state index is 0.0535. The number of aromatic nitrogens is 1. The van der Waals surface area contributed by atoms with Crippen molar-refractivity contribution in [3.05, 3.63) is 53.2 Å². The summed E-state index contributed by atoms with van der Waals surface area (Å²) in [4.78, 5) is 27.6. The predicted molar refractivity (Wildman–Crippen MR) is 87.2 cm³/mol. The van der Waals surface area contributed by atoms with Crippen LogP contribution in [-0.4, -0.2) is 16.8 Å².